The Morgan fingerprint density at radius 3 is 2.23 bits per heavy atom. The summed E-state index contributed by atoms with van der Waals surface area (Å²) < 4.78 is 5.75. The summed E-state index contributed by atoms with van der Waals surface area (Å²) in [4.78, 5) is 14.6. The van der Waals surface area contributed by atoms with E-state index in [9.17, 15) is 15.0 Å². The molecule has 6 N–H and O–H groups in total. The van der Waals surface area contributed by atoms with Crippen molar-refractivity contribution in [2.75, 3.05) is 51.2 Å². The highest BCUT2D eigenvalue weighted by Crippen LogP contribution is 2.34. The topological polar surface area (TPSA) is 124 Å². The Labute approximate surface area is 206 Å². The number of nitrogens with two attached hydrogens (primary N) is 1. The van der Waals surface area contributed by atoms with Crippen molar-refractivity contribution in [1.82, 2.24) is 10.6 Å². The maximum absolute atomic E-state index is 12.4. The number of nitrogens with zero attached hydrogens (tertiary/aromatic N) is 1. The van der Waals surface area contributed by atoms with Gasteiger partial charge in [0.15, 0.2) is 16.8 Å². The number of phenols is 2. The number of aromatic hydroxyl groups is 2. The van der Waals surface area contributed by atoms with Crippen LogP contribution in [0, 0.1) is 0 Å². The van der Waals surface area contributed by atoms with Crippen LogP contribution >= 0.6 is 0 Å². The fourth-order valence-corrected chi connectivity index (χ4v) is 3.93. The average molecular weight is 483 g/mol. The fourth-order valence-electron chi connectivity index (χ4n) is 3.93. The van der Waals surface area contributed by atoms with E-state index in [-0.39, 0.29) is 22.1 Å². The summed E-state index contributed by atoms with van der Waals surface area (Å²) in [5.74, 6) is -0.409. The monoisotopic (exact) mass is 482 g/mol. The van der Waals surface area contributed by atoms with Crippen molar-refractivity contribution in [1.29, 1.82) is 0 Å². The highest BCUT2D eigenvalue weighted by atomic mass is 16.4. The second kappa shape index (κ2) is 13.7. The van der Waals surface area contributed by atoms with Gasteiger partial charge in [-0.05, 0) is 101 Å². The Balaban J connectivity index is 1.42. The van der Waals surface area contributed by atoms with Gasteiger partial charge in [-0.15, -0.1) is 0 Å². The molecule has 3 rings (SSSR count). The van der Waals surface area contributed by atoms with Crippen LogP contribution in [0.2, 0.25) is 0 Å². The third-order valence-electron chi connectivity index (χ3n) is 6.05. The molecule has 0 saturated carbocycles. The molecule has 190 valence electrons. The zero-order chi connectivity index (χ0) is 25.0. The minimum atomic E-state index is -0.428. The maximum Gasteiger partial charge on any atom is 0.201 e. The molecule has 35 heavy (non-hydrogen) atoms. The lowest BCUT2D eigenvalue weighted by atomic mass is 10.1. The van der Waals surface area contributed by atoms with Gasteiger partial charge >= 0.3 is 0 Å². The molecule has 0 amide bonds. The summed E-state index contributed by atoms with van der Waals surface area (Å²) in [6.45, 7) is 5.86. The van der Waals surface area contributed by atoms with Gasteiger partial charge in [-0.1, -0.05) is 0 Å². The molecular weight excluding hydrogens is 444 g/mol. The first-order valence-corrected chi connectivity index (χ1v) is 12.4. The van der Waals surface area contributed by atoms with Gasteiger partial charge in [0.1, 0.15) is 5.76 Å². The van der Waals surface area contributed by atoms with Crippen LogP contribution in [0.3, 0.4) is 0 Å². The summed E-state index contributed by atoms with van der Waals surface area (Å²) in [5, 5.41) is 27.0. The summed E-state index contributed by atoms with van der Waals surface area (Å²) in [7, 11) is 2.07. The van der Waals surface area contributed by atoms with Gasteiger partial charge in [-0.3, -0.25) is 4.79 Å². The van der Waals surface area contributed by atoms with Crippen molar-refractivity contribution in [3.8, 4) is 22.8 Å². The normalized spacial score (nSPS) is 11.3. The van der Waals surface area contributed by atoms with Crippen molar-refractivity contribution < 1.29 is 14.6 Å². The van der Waals surface area contributed by atoms with Crippen LogP contribution < -0.4 is 26.7 Å². The lowest BCUT2D eigenvalue weighted by molar-refractivity contribution is 0.400. The number of fused-ring (bicyclic) bond motifs is 1. The second-order valence-electron chi connectivity index (χ2n) is 8.81. The Hall–Kier alpha value is -3.07. The van der Waals surface area contributed by atoms with Crippen LogP contribution in [0.15, 0.2) is 51.7 Å². The minimum absolute atomic E-state index is 0.0129. The second-order valence-corrected chi connectivity index (χ2v) is 8.81. The fraction of sp³-hybridized carbons (Fsp3) is 0.444. The Bertz CT molecular complexity index is 1110. The Kier molecular flexibility index (Phi) is 10.4. The molecule has 8 nitrogen and oxygen atoms in total. The van der Waals surface area contributed by atoms with Gasteiger partial charge in [0.2, 0.25) is 5.75 Å². The third-order valence-corrected chi connectivity index (χ3v) is 6.05. The molecule has 0 saturated heterocycles. The van der Waals surface area contributed by atoms with E-state index in [0.717, 1.165) is 82.6 Å². The third kappa shape index (κ3) is 7.71. The van der Waals surface area contributed by atoms with Gasteiger partial charge in [0.05, 0.1) is 5.39 Å². The van der Waals surface area contributed by atoms with E-state index in [4.69, 9.17) is 10.2 Å². The van der Waals surface area contributed by atoms with E-state index in [2.05, 4.69) is 22.6 Å². The number of nitrogens with one attached hydrogen (secondary N) is 2. The van der Waals surface area contributed by atoms with Crippen molar-refractivity contribution in [2.45, 2.75) is 32.1 Å². The summed E-state index contributed by atoms with van der Waals surface area (Å²) in [5.41, 5.74) is 7.00. The van der Waals surface area contributed by atoms with Gasteiger partial charge in [0.25, 0.3) is 0 Å². The predicted molar refractivity (Wildman–Crippen MR) is 142 cm³/mol. The van der Waals surface area contributed by atoms with Crippen LogP contribution in [-0.4, -0.2) is 56.5 Å². The Morgan fingerprint density at radius 2 is 1.54 bits per heavy atom. The minimum Gasteiger partial charge on any atom is -0.504 e. The van der Waals surface area contributed by atoms with Gasteiger partial charge in [-0.2, -0.15) is 0 Å². The van der Waals surface area contributed by atoms with Crippen LogP contribution in [0.5, 0.6) is 11.5 Å². The molecular formula is C27H38N4O4. The van der Waals surface area contributed by atoms with E-state index >= 15 is 0 Å². The zero-order valence-corrected chi connectivity index (χ0v) is 20.6. The number of unbranched alkanes of at least 4 members (excludes halogenated alkanes) is 2. The molecule has 1 heterocycles. The maximum atomic E-state index is 12.4. The number of rotatable bonds is 15. The summed E-state index contributed by atoms with van der Waals surface area (Å²) >= 11 is 0. The molecule has 0 aliphatic carbocycles. The van der Waals surface area contributed by atoms with Crippen LogP contribution in [-0.2, 0) is 0 Å². The molecule has 0 spiro atoms. The van der Waals surface area contributed by atoms with Gasteiger partial charge in [-0.25, -0.2) is 0 Å². The number of hydrogen-bond acceptors (Lipinski definition) is 8. The smallest absolute Gasteiger partial charge is 0.201 e. The molecule has 0 atom stereocenters. The molecule has 0 radical (unpaired) electrons. The number of phenolic OH excluding ortho intramolecular Hbond substituents is 2. The molecule has 0 fully saturated rings. The predicted octanol–water partition coefficient (Wildman–Crippen LogP) is 3.40. The van der Waals surface area contributed by atoms with Crippen molar-refractivity contribution in [2.24, 2.45) is 5.73 Å². The first-order valence-electron chi connectivity index (χ1n) is 12.4. The first-order chi connectivity index (χ1) is 17.0. The van der Waals surface area contributed by atoms with Crippen molar-refractivity contribution in [3.63, 3.8) is 0 Å². The summed E-state index contributed by atoms with van der Waals surface area (Å²) in [6, 6.07) is 11.9. The van der Waals surface area contributed by atoms with E-state index < -0.39 is 5.75 Å². The summed E-state index contributed by atoms with van der Waals surface area (Å²) in [6.07, 6.45) is 5.57. The Morgan fingerprint density at radius 1 is 0.886 bits per heavy atom. The van der Waals surface area contributed by atoms with Gasteiger partial charge in [0, 0.05) is 30.9 Å². The highest BCUT2D eigenvalue weighted by molar-refractivity contribution is 5.86. The van der Waals surface area contributed by atoms with E-state index in [1.807, 2.05) is 24.3 Å². The largest absolute Gasteiger partial charge is 0.504 e. The molecule has 2 aromatic carbocycles. The molecule has 1 aromatic heterocycles. The van der Waals surface area contributed by atoms with Crippen molar-refractivity contribution >= 4 is 16.7 Å². The van der Waals surface area contributed by atoms with E-state index in [1.165, 1.54) is 18.2 Å². The van der Waals surface area contributed by atoms with Crippen LogP contribution in [0.25, 0.3) is 22.3 Å². The zero-order valence-electron chi connectivity index (χ0n) is 20.6. The molecule has 0 unspecified atom stereocenters. The van der Waals surface area contributed by atoms with Crippen LogP contribution in [0.4, 0.5) is 5.69 Å². The molecule has 0 bridgehead atoms. The average Bonchev–Trinajstić information content (AvgIpc) is 2.87. The lowest BCUT2D eigenvalue weighted by Crippen LogP contribution is -2.24. The van der Waals surface area contributed by atoms with E-state index in [1.54, 1.807) is 0 Å². The molecule has 0 aliphatic heterocycles. The standard InChI is InChI=1S/C27H38N4O4/c1-31(18-5-4-15-30-17-6-16-29-14-3-2-13-28)21-9-7-20(8-10-21)25-19-24(33)22-11-12-23(32)26(34)27(22)35-25/h7-12,19,29-30,32,34H,2-6,13-18,28H2,1H3. The number of benzene rings is 2. The van der Waals surface area contributed by atoms with Crippen LogP contribution in [0.1, 0.15) is 32.1 Å². The molecule has 3 aromatic rings. The first kappa shape index (κ1) is 26.5. The SMILES string of the molecule is CN(CCCCNCCCNCCCCN)c1ccc(-c2cc(=O)c3ccc(O)c(O)c3o2)cc1. The molecule has 0 aliphatic rings. The number of anilines is 1. The van der Waals surface area contributed by atoms with Crippen molar-refractivity contribution in [3.05, 3.63) is 52.7 Å². The number of hydrogen-bond donors (Lipinski definition) is 5. The van der Waals surface area contributed by atoms with E-state index in [0.29, 0.717) is 5.76 Å². The highest BCUT2D eigenvalue weighted by Gasteiger charge is 2.13. The molecule has 8 heteroatoms. The lowest BCUT2D eigenvalue weighted by Gasteiger charge is -2.19. The van der Waals surface area contributed by atoms with Gasteiger partial charge < -0.3 is 35.9 Å². The quantitative estimate of drug-likeness (QED) is 0.165.